The van der Waals surface area contributed by atoms with Crippen LogP contribution in [-0.2, 0) is 16.0 Å². The van der Waals surface area contributed by atoms with Crippen molar-refractivity contribution in [3.8, 4) is 11.1 Å². The molecule has 138 valence electrons. The Hall–Kier alpha value is -2.37. The van der Waals surface area contributed by atoms with E-state index >= 15 is 0 Å². The van der Waals surface area contributed by atoms with Crippen LogP contribution in [0.2, 0.25) is 0 Å². The van der Waals surface area contributed by atoms with Gasteiger partial charge in [-0.2, -0.15) is 0 Å². The molecule has 2 amide bonds. The third-order valence-corrected chi connectivity index (χ3v) is 4.52. The third kappa shape index (κ3) is 4.23. The maximum absolute atomic E-state index is 12.1. The van der Waals surface area contributed by atoms with Gasteiger partial charge in [-0.3, -0.25) is 9.59 Å². The predicted octanol–water partition coefficient (Wildman–Crippen LogP) is 2.72. The smallest absolute Gasteiger partial charge is 0.243 e. The molecule has 0 heterocycles. The zero-order valence-electron chi connectivity index (χ0n) is 14.9. The molecular weight excluding hydrogens is 350 g/mol. The molecule has 0 aromatic heterocycles. The summed E-state index contributed by atoms with van der Waals surface area (Å²) in [4.78, 5) is 23.9. The number of nitrogens with two attached hydrogens (primary N) is 1. The van der Waals surface area contributed by atoms with Crippen LogP contribution < -0.4 is 16.4 Å². The van der Waals surface area contributed by atoms with Crippen LogP contribution >= 0.6 is 12.4 Å². The van der Waals surface area contributed by atoms with E-state index in [0.717, 1.165) is 12.1 Å². The van der Waals surface area contributed by atoms with Crippen LogP contribution in [0.3, 0.4) is 0 Å². The molecule has 0 bridgehead atoms. The van der Waals surface area contributed by atoms with E-state index in [1.807, 2.05) is 44.2 Å². The van der Waals surface area contributed by atoms with Crippen molar-refractivity contribution in [1.82, 2.24) is 5.32 Å². The first-order valence-electron chi connectivity index (χ1n) is 8.50. The van der Waals surface area contributed by atoms with Gasteiger partial charge in [0.05, 0.1) is 12.6 Å². The summed E-state index contributed by atoms with van der Waals surface area (Å²) in [6.07, 6.45) is 0.870. The van der Waals surface area contributed by atoms with Crippen molar-refractivity contribution >= 4 is 29.9 Å². The SMILES string of the molecule is CC(C)[C@H](N)C(=O)NCC(=O)Nc1ccc2c(c1)Cc1ccccc1-2.Cl. The van der Waals surface area contributed by atoms with Crippen molar-refractivity contribution < 1.29 is 9.59 Å². The quantitative estimate of drug-likeness (QED) is 0.643. The molecule has 2 aromatic carbocycles. The van der Waals surface area contributed by atoms with E-state index < -0.39 is 6.04 Å². The highest BCUT2D eigenvalue weighted by Gasteiger charge is 2.19. The zero-order valence-corrected chi connectivity index (χ0v) is 15.7. The van der Waals surface area contributed by atoms with E-state index in [1.165, 1.54) is 22.3 Å². The van der Waals surface area contributed by atoms with Crippen LogP contribution in [0, 0.1) is 5.92 Å². The van der Waals surface area contributed by atoms with Crippen molar-refractivity contribution in [3.63, 3.8) is 0 Å². The molecule has 0 spiro atoms. The molecule has 1 aliphatic carbocycles. The molecule has 6 heteroatoms. The van der Waals surface area contributed by atoms with E-state index in [1.54, 1.807) is 0 Å². The van der Waals surface area contributed by atoms with Crippen LogP contribution in [0.5, 0.6) is 0 Å². The first-order valence-corrected chi connectivity index (χ1v) is 8.50. The van der Waals surface area contributed by atoms with Gasteiger partial charge in [-0.05, 0) is 46.7 Å². The molecule has 0 aliphatic heterocycles. The molecule has 0 saturated heterocycles. The number of hydrogen-bond donors (Lipinski definition) is 3. The monoisotopic (exact) mass is 373 g/mol. The Kier molecular flexibility index (Phi) is 6.40. The summed E-state index contributed by atoms with van der Waals surface area (Å²) in [5.41, 5.74) is 11.5. The van der Waals surface area contributed by atoms with Gasteiger partial charge < -0.3 is 16.4 Å². The first kappa shape index (κ1) is 19.9. The highest BCUT2D eigenvalue weighted by atomic mass is 35.5. The zero-order chi connectivity index (χ0) is 18.0. The highest BCUT2D eigenvalue weighted by Crippen LogP contribution is 2.37. The van der Waals surface area contributed by atoms with Crippen molar-refractivity contribution in [2.75, 3.05) is 11.9 Å². The van der Waals surface area contributed by atoms with Gasteiger partial charge in [0, 0.05) is 5.69 Å². The number of rotatable bonds is 5. The van der Waals surface area contributed by atoms with Crippen molar-refractivity contribution in [2.45, 2.75) is 26.3 Å². The second-order valence-electron chi connectivity index (χ2n) is 6.74. The van der Waals surface area contributed by atoms with Crippen LogP contribution in [-0.4, -0.2) is 24.4 Å². The van der Waals surface area contributed by atoms with E-state index in [-0.39, 0.29) is 36.7 Å². The lowest BCUT2D eigenvalue weighted by molar-refractivity contribution is -0.125. The van der Waals surface area contributed by atoms with Gasteiger partial charge in [-0.15, -0.1) is 12.4 Å². The van der Waals surface area contributed by atoms with Crippen LogP contribution in [0.1, 0.15) is 25.0 Å². The Balaban J connectivity index is 0.00000243. The van der Waals surface area contributed by atoms with E-state index in [0.29, 0.717) is 0 Å². The fraction of sp³-hybridized carbons (Fsp3) is 0.300. The van der Waals surface area contributed by atoms with Gasteiger partial charge in [0.1, 0.15) is 0 Å². The highest BCUT2D eigenvalue weighted by molar-refractivity contribution is 5.95. The Morgan fingerprint density at radius 3 is 2.50 bits per heavy atom. The fourth-order valence-electron chi connectivity index (χ4n) is 3.02. The molecule has 1 aliphatic rings. The second kappa shape index (κ2) is 8.34. The van der Waals surface area contributed by atoms with Crippen LogP contribution in [0.15, 0.2) is 42.5 Å². The van der Waals surface area contributed by atoms with E-state index in [2.05, 4.69) is 22.8 Å². The Morgan fingerprint density at radius 2 is 1.77 bits per heavy atom. The lowest BCUT2D eigenvalue weighted by Crippen LogP contribution is -2.46. The van der Waals surface area contributed by atoms with Crippen molar-refractivity contribution in [3.05, 3.63) is 53.6 Å². The largest absolute Gasteiger partial charge is 0.346 e. The molecule has 0 radical (unpaired) electrons. The number of nitrogens with one attached hydrogen (secondary N) is 2. The Bertz CT molecular complexity index is 820. The summed E-state index contributed by atoms with van der Waals surface area (Å²) in [6.45, 7) is 3.65. The molecule has 26 heavy (non-hydrogen) atoms. The van der Waals surface area contributed by atoms with Gasteiger partial charge in [-0.25, -0.2) is 0 Å². The minimum Gasteiger partial charge on any atom is -0.346 e. The van der Waals surface area contributed by atoms with Gasteiger partial charge in [0.15, 0.2) is 0 Å². The lowest BCUT2D eigenvalue weighted by atomic mass is 10.1. The first-order chi connectivity index (χ1) is 12.0. The maximum atomic E-state index is 12.1. The minimum atomic E-state index is -0.605. The average molecular weight is 374 g/mol. The van der Waals surface area contributed by atoms with Gasteiger partial charge >= 0.3 is 0 Å². The lowest BCUT2D eigenvalue weighted by Gasteiger charge is -2.15. The standard InChI is InChI=1S/C20H23N3O2.ClH/c1-12(2)19(21)20(25)22-11-18(24)23-15-7-8-17-14(10-15)9-13-5-3-4-6-16(13)17;/h3-8,10,12,19H,9,11,21H2,1-2H3,(H,22,25)(H,23,24);1H/t19-;/m0./s1. The molecular formula is C20H24ClN3O2. The molecule has 0 fully saturated rings. The van der Waals surface area contributed by atoms with Gasteiger partial charge in [0.25, 0.3) is 0 Å². The predicted molar refractivity (Wildman–Crippen MR) is 106 cm³/mol. The second-order valence-corrected chi connectivity index (χ2v) is 6.74. The molecule has 3 rings (SSSR count). The number of carbonyl (C=O) groups is 2. The third-order valence-electron chi connectivity index (χ3n) is 4.52. The molecule has 4 N–H and O–H groups in total. The Morgan fingerprint density at radius 1 is 1.08 bits per heavy atom. The van der Waals surface area contributed by atoms with Crippen LogP contribution in [0.25, 0.3) is 11.1 Å². The number of anilines is 1. The number of halogens is 1. The number of benzene rings is 2. The summed E-state index contributed by atoms with van der Waals surface area (Å²) in [6, 6.07) is 13.6. The van der Waals surface area contributed by atoms with Crippen LogP contribution in [0.4, 0.5) is 5.69 Å². The summed E-state index contributed by atoms with van der Waals surface area (Å²) in [5, 5.41) is 5.40. The fourth-order valence-corrected chi connectivity index (χ4v) is 3.02. The summed E-state index contributed by atoms with van der Waals surface area (Å²) in [7, 11) is 0. The van der Waals surface area contributed by atoms with Gasteiger partial charge in [0.2, 0.25) is 11.8 Å². The summed E-state index contributed by atoms with van der Waals surface area (Å²) < 4.78 is 0. The number of amides is 2. The number of hydrogen-bond acceptors (Lipinski definition) is 3. The van der Waals surface area contributed by atoms with E-state index in [4.69, 9.17) is 5.73 Å². The van der Waals surface area contributed by atoms with Crippen molar-refractivity contribution in [1.29, 1.82) is 0 Å². The topological polar surface area (TPSA) is 84.2 Å². The average Bonchev–Trinajstić information content (AvgIpc) is 2.96. The molecule has 5 nitrogen and oxygen atoms in total. The maximum Gasteiger partial charge on any atom is 0.243 e. The summed E-state index contributed by atoms with van der Waals surface area (Å²) in [5.74, 6) is -0.546. The Labute approximate surface area is 159 Å². The molecule has 2 aromatic rings. The van der Waals surface area contributed by atoms with Crippen molar-refractivity contribution in [2.24, 2.45) is 11.7 Å². The molecule has 0 unspecified atom stereocenters. The van der Waals surface area contributed by atoms with Gasteiger partial charge in [-0.1, -0.05) is 44.2 Å². The number of fused-ring (bicyclic) bond motifs is 3. The minimum absolute atomic E-state index is 0. The normalized spacial score (nSPS) is 12.6. The molecule has 0 saturated carbocycles. The van der Waals surface area contributed by atoms with E-state index in [9.17, 15) is 9.59 Å². The molecule has 1 atom stereocenters. The number of carbonyl (C=O) groups excluding carboxylic acids is 2. The summed E-state index contributed by atoms with van der Waals surface area (Å²) >= 11 is 0.